The Labute approximate surface area is 204 Å². The predicted octanol–water partition coefficient (Wildman–Crippen LogP) is 2.87. The van der Waals surface area contributed by atoms with E-state index in [0.717, 1.165) is 38.0 Å². The first-order valence-corrected chi connectivity index (χ1v) is 15.7. The van der Waals surface area contributed by atoms with E-state index in [1.807, 2.05) is 15.8 Å². The molecule has 10 heteroatoms. The number of rotatable bonds is 4. The minimum absolute atomic E-state index is 0.0773. The van der Waals surface area contributed by atoms with Gasteiger partial charge in [0.25, 0.3) is 11.8 Å². The van der Waals surface area contributed by atoms with E-state index in [0.29, 0.717) is 21.9 Å². The van der Waals surface area contributed by atoms with Crippen LogP contribution >= 0.6 is 11.6 Å². The Morgan fingerprint density at radius 3 is 2.76 bits per heavy atom. The quantitative estimate of drug-likeness (QED) is 0.629. The number of fused-ring (bicyclic) bond motifs is 1. The maximum atomic E-state index is 12.9. The first-order valence-electron chi connectivity index (χ1n) is 11.9. The number of hydrogen-bond acceptors (Lipinski definition) is 5. The molecule has 1 saturated heterocycles. The van der Waals surface area contributed by atoms with Gasteiger partial charge in [0.2, 0.25) is 0 Å². The van der Waals surface area contributed by atoms with Gasteiger partial charge in [-0.2, -0.15) is 5.10 Å². The van der Waals surface area contributed by atoms with Crippen LogP contribution in [0.1, 0.15) is 47.7 Å². The van der Waals surface area contributed by atoms with Gasteiger partial charge >= 0.3 is 0 Å². The molecular formula is C24H29ClN4O4Si. The van der Waals surface area contributed by atoms with Crippen LogP contribution in [0.2, 0.25) is 24.2 Å². The topological polar surface area (TPSA) is 96.7 Å². The first-order chi connectivity index (χ1) is 16.1. The molecule has 5 aliphatic rings. The molecule has 0 unspecified atom stereocenters. The van der Waals surface area contributed by atoms with Gasteiger partial charge in [-0.1, -0.05) is 24.7 Å². The molecular weight excluding hydrogens is 472 g/mol. The molecule has 3 aliphatic carbocycles. The molecule has 0 spiro atoms. The van der Waals surface area contributed by atoms with Gasteiger partial charge in [0.05, 0.1) is 31.5 Å². The van der Waals surface area contributed by atoms with Gasteiger partial charge in [0.15, 0.2) is 6.10 Å². The van der Waals surface area contributed by atoms with E-state index < -0.39 is 20.3 Å². The number of nitrogens with zero attached hydrogens (tertiary/aromatic N) is 3. The van der Waals surface area contributed by atoms with Crippen molar-refractivity contribution in [3.8, 4) is 5.75 Å². The van der Waals surface area contributed by atoms with Gasteiger partial charge in [-0.05, 0) is 43.5 Å². The molecule has 3 saturated carbocycles. The number of halogens is 1. The van der Waals surface area contributed by atoms with Crippen LogP contribution in [-0.2, 0) is 10.3 Å². The first kappa shape index (κ1) is 22.1. The third-order valence-electron chi connectivity index (χ3n) is 8.00. The second-order valence-corrected chi connectivity index (χ2v) is 17.0. The minimum Gasteiger partial charge on any atom is -0.480 e. The summed E-state index contributed by atoms with van der Waals surface area (Å²) >= 11 is 6.01. The SMILES string of the molecule is C[Si]1(C)CCN(C(=O)c2cnn(C34CC(NC(=O)[C@H]5C[C@@H](O)c6cc(Cl)ccc6O5)(C3)C4)c2)C1. The van der Waals surface area contributed by atoms with Crippen LogP contribution in [0.25, 0.3) is 0 Å². The highest BCUT2D eigenvalue weighted by Crippen LogP contribution is 2.65. The number of aliphatic hydroxyl groups is 1. The fourth-order valence-electron chi connectivity index (χ4n) is 6.19. The Morgan fingerprint density at radius 1 is 1.29 bits per heavy atom. The number of benzene rings is 1. The summed E-state index contributed by atoms with van der Waals surface area (Å²) in [6, 6.07) is 6.21. The lowest BCUT2D eigenvalue weighted by Gasteiger charge is -2.70. The average molecular weight is 501 g/mol. The number of hydrogen-bond donors (Lipinski definition) is 2. The van der Waals surface area contributed by atoms with Crippen molar-refractivity contribution >= 4 is 31.5 Å². The van der Waals surface area contributed by atoms with Crippen molar-refractivity contribution in [1.29, 1.82) is 0 Å². The Morgan fingerprint density at radius 2 is 2.06 bits per heavy atom. The van der Waals surface area contributed by atoms with Crippen LogP contribution in [-0.4, -0.2) is 64.0 Å². The van der Waals surface area contributed by atoms with Gasteiger partial charge in [-0.25, -0.2) is 0 Å². The third-order valence-corrected chi connectivity index (χ3v) is 11.1. The standard InChI is InChI=1S/C24H29ClN4O4Si/c1-34(2)6-5-28(14-34)22(32)15-9-26-29(10-15)24-11-23(12-24,13-24)27-21(31)20-8-18(30)17-7-16(25)3-4-19(17)33-20/h3-4,7,9-10,18,20,30H,5-6,8,11-14H2,1-2H3,(H,27,31)/t18-,20-,23?,24?/m1/s1. The van der Waals surface area contributed by atoms with Crippen molar-refractivity contribution < 1.29 is 19.4 Å². The van der Waals surface area contributed by atoms with Crippen molar-refractivity contribution in [2.75, 3.05) is 12.7 Å². The lowest BCUT2D eigenvalue weighted by atomic mass is 9.44. The van der Waals surface area contributed by atoms with Crippen LogP contribution in [0.5, 0.6) is 5.75 Å². The monoisotopic (exact) mass is 500 g/mol. The fraction of sp³-hybridized carbons (Fsp3) is 0.542. The smallest absolute Gasteiger partial charge is 0.261 e. The fourth-order valence-corrected chi connectivity index (χ4v) is 8.74. The van der Waals surface area contributed by atoms with Crippen LogP contribution in [0, 0.1) is 0 Å². The number of carbonyl (C=O) groups is 2. The highest BCUT2D eigenvalue weighted by atomic mass is 35.5. The molecule has 2 N–H and O–H groups in total. The number of aliphatic hydroxyl groups excluding tert-OH is 1. The Hall–Kier alpha value is -2.36. The summed E-state index contributed by atoms with van der Waals surface area (Å²) in [5, 5.41) is 18.7. The summed E-state index contributed by atoms with van der Waals surface area (Å²) in [6.45, 7) is 5.50. The molecule has 2 aliphatic heterocycles. The second kappa shape index (κ2) is 7.32. The zero-order chi connectivity index (χ0) is 23.9. The number of carbonyl (C=O) groups excluding carboxylic acids is 2. The number of aromatic nitrogens is 2. The van der Waals surface area contributed by atoms with E-state index in [9.17, 15) is 14.7 Å². The number of nitrogens with one attached hydrogen (secondary N) is 1. The van der Waals surface area contributed by atoms with E-state index in [-0.39, 0.29) is 29.3 Å². The summed E-state index contributed by atoms with van der Waals surface area (Å²) in [5.41, 5.74) is 0.885. The van der Waals surface area contributed by atoms with Crippen molar-refractivity contribution in [1.82, 2.24) is 20.0 Å². The Balaban J connectivity index is 1.07. The van der Waals surface area contributed by atoms with Crippen molar-refractivity contribution in [3.63, 3.8) is 0 Å². The van der Waals surface area contributed by atoms with Crippen molar-refractivity contribution in [2.24, 2.45) is 0 Å². The van der Waals surface area contributed by atoms with E-state index in [1.54, 1.807) is 24.4 Å². The normalized spacial score (nSPS) is 32.8. The van der Waals surface area contributed by atoms with E-state index >= 15 is 0 Å². The minimum atomic E-state index is -1.28. The van der Waals surface area contributed by atoms with Crippen LogP contribution in [0.15, 0.2) is 30.6 Å². The molecule has 8 nitrogen and oxygen atoms in total. The molecule has 2 atom stereocenters. The number of amides is 2. The zero-order valence-corrected chi connectivity index (χ0v) is 21.1. The second-order valence-electron chi connectivity index (χ2n) is 11.4. The molecule has 1 aromatic carbocycles. The molecule has 3 heterocycles. The van der Waals surface area contributed by atoms with Gasteiger partial charge in [0, 0.05) is 41.5 Å². The Bertz CT molecular complexity index is 1180. The maximum absolute atomic E-state index is 12.9. The molecule has 2 bridgehead atoms. The Kier molecular flexibility index (Phi) is 4.76. The summed E-state index contributed by atoms with van der Waals surface area (Å²) in [7, 11) is -1.28. The summed E-state index contributed by atoms with van der Waals surface area (Å²) < 4.78 is 7.79. The lowest BCUT2D eigenvalue weighted by Crippen LogP contribution is -2.79. The molecule has 180 valence electrons. The van der Waals surface area contributed by atoms with Gasteiger partial charge < -0.3 is 20.1 Å². The highest BCUT2D eigenvalue weighted by Gasteiger charge is 2.70. The highest BCUT2D eigenvalue weighted by molar-refractivity contribution is 6.78. The lowest BCUT2D eigenvalue weighted by molar-refractivity contribution is -0.165. The molecule has 1 aromatic heterocycles. The summed E-state index contributed by atoms with van der Waals surface area (Å²) in [6.07, 6.45) is 5.49. The largest absolute Gasteiger partial charge is 0.480 e. The number of ether oxygens (including phenoxy) is 1. The predicted molar refractivity (Wildman–Crippen MR) is 129 cm³/mol. The van der Waals surface area contributed by atoms with Crippen molar-refractivity contribution in [2.45, 2.75) is 68.1 Å². The molecule has 34 heavy (non-hydrogen) atoms. The van der Waals surface area contributed by atoms with Crippen LogP contribution in [0.3, 0.4) is 0 Å². The van der Waals surface area contributed by atoms with Gasteiger partial charge in [-0.15, -0.1) is 0 Å². The van der Waals surface area contributed by atoms with Gasteiger partial charge in [-0.3, -0.25) is 14.3 Å². The summed E-state index contributed by atoms with van der Waals surface area (Å²) in [5.74, 6) is 0.369. The molecule has 2 amide bonds. The summed E-state index contributed by atoms with van der Waals surface area (Å²) in [4.78, 5) is 27.8. The molecule has 2 aromatic rings. The van der Waals surface area contributed by atoms with E-state index in [2.05, 4.69) is 23.5 Å². The zero-order valence-electron chi connectivity index (χ0n) is 19.4. The van der Waals surface area contributed by atoms with E-state index in [4.69, 9.17) is 16.3 Å². The molecule has 7 rings (SSSR count). The average Bonchev–Trinajstić information content (AvgIpc) is 3.36. The molecule has 4 fully saturated rings. The van der Waals surface area contributed by atoms with E-state index in [1.165, 1.54) is 0 Å². The van der Waals surface area contributed by atoms with Crippen molar-refractivity contribution in [3.05, 3.63) is 46.7 Å². The van der Waals surface area contributed by atoms with Gasteiger partial charge in [0.1, 0.15) is 5.75 Å². The molecule has 0 radical (unpaired) electrons. The van der Waals surface area contributed by atoms with Crippen LogP contribution < -0.4 is 10.1 Å². The third kappa shape index (κ3) is 3.47. The maximum Gasteiger partial charge on any atom is 0.261 e. The van der Waals surface area contributed by atoms with Crippen LogP contribution in [0.4, 0.5) is 0 Å².